The molecule has 82 valence electrons. The number of hydrogen-bond acceptors (Lipinski definition) is 4. The second-order valence-corrected chi connectivity index (χ2v) is 3.74. The summed E-state index contributed by atoms with van der Waals surface area (Å²) in [6.45, 7) is 4.80. The molecule has 0 aromatic heterocycles. The zero-order valence-corrected chi connectivity index (χ0v) is 8.78. The van der Waals surface area contributed by atoms with E-state index in [-0.39, 0.29) is 5.78 Å². The molecule has 0 rings (SSSR count). The van der Waals surface area contributed by atoms with E-state index in [1.807, 2.05) is 0 Å². The summed E-state index contributed by atoms with van der Waals surface area (Å²) in [5, 5.41) is 8.76. The lowest BCUT2D eigenvalue weighted by Crippen LogP contribution is -2.54. The molecule has 0 saturated heterocycles. The Morgan fingerprint density at radius 2 is 1.86 bits per heavy atom. The van der Waals surface area contributed by atoms with Crippen LogP contribution in [0.1, 0.15) is 27.2 Å². The molecule has 14 heavy (non-hydrogen) atoms. The van der Waals surface area contributed by atoms with Crippen LogP contribution in [0.15, 0.2) is 0 Å². The fourth-order valence-corrected chi connectivity index (χ4v) is 1.34. The maximum absolute atomic E-state index is 11.7. The first-order chi connectivity index (χ1) is 6.27. The van der Waals surface area contributed by atoms with Gasteiger partial charge in [0.25, 0.3) is 0 Å². The SMILES string of the molecule is CC[C@@](C)(C(=O)[C@H](C)N)[C@H](N)C(=O)O. The fraction of sp³-hybridized carbons (Fsp3) is 0.778. The number of Topliss-reactive ketones (excluding diaryl/α,β-unsaturated/α-hetero) is 1. The third-order valence-corrected chi connectivity index (χ3v) is 2.66. The summed E-state index contributed by atoms with van der Waals surface area (Å²) in [6.07, 6.45) is 0.362. The van der Waals surface area contributed by atoms with Gasteiger partial charge in [0.05, 0.1) is 11.5 Å². The minimum Gasteiger partial charge on any atom is -0.480 e. The first-order valence-electron chi connectivity index (χ1n) is 4.55. The molecule has 0 aliphatic carbocycles. The molecular formula is C9H18N2O3. The standard InChI is InChI=1S/C9H18N2O3/c1-4-9(3,6(11)8(13)14)7(12)5(2)10/h5-6H,4,10-11H2,1-3H3,(H,13,14)/t5-,6+,9+/m0/s1. The number of rotatable bonds is 5. The second-order valence-electron chi connectivity index (χ2n) is 3.74. The van der Waals surface area contributed by atoms with Crippen LogP contribution in [-0.4, -0.2) is 28.9 Å². The van der Waals surface area contributed by atoms with Crippen molar-refractivity contribution < 1.29 is 14.7 Å². The first kappa shape index (κ1) is 13.1. The summed E-state index contributed by atoms with van der Waals surface area (Å²) in [4.78, 5) is 22.4. The molecule has 5 N–H and O–H groups in total. The van der Waals surface area contributed by atoms with Crippen LogP contribution in [0.25, 0.3) is 0 Å². The lowest BCUT2D eigenvalue weighted by atomic mass is 9.74. The Morgan fingerprint density at radius 1 is 1.43 bits per heavy atom. The lowest BCUT2D eigenvalue weighted by Gasteiger charge is -2.31. The second kappa shape index (κ2) is 4.52. The Kier molecular flexibility index (Phi) is 4.22. The van der Waals surface area contributed by atoms with Crippen molar-refractivity contribution in [3.63, 3.8) is 0 Å². The molecule has 0 aliphatic rings. The molecule has 5 nitrogen and oxygen atoms in total. The van der Waals surface area contributed by atoms with Crippen molar-refractivity contribution in [3.05, 3.63) is 0 Å². The molecular weight excluding hydrogens is 184 g/mol. The van der Waals surface area contributed by atoms with Crippen molar-refractivity contribution >= 4 is 11.8 Å². The molecule has 0 fully saturated rings. The zero-order valence-electron chi connectivity index (χ0n) is 8.78. The minimum absolute atomic E-state index is 0.310. The van der Waals surface area contributed by atoms with E-state index in [9.17, 15) is 9.59 Å². The number of carbonyl (C=O) groups excluding carboxylic acids is 1. The Balaban J connectivity index is 4.97. The maximum atomic E-state index is 11.7. The van der Waals surface area contributed by atoms with E-state index in [1.165, 1.54) is 13.8 Å². The molecule has 0 spiro atoms. The molecule has 0 bridgehead atoms. The van der Waals surface area contributed by atoms with Gasteiger partial charge >= 0.3 is 5.97 Å². The van der Waals surface area contributed by atoms with Gasteiger partial charge in [-0.05, 0) is 13.3 Å². The van der Waals surface area contributed by atoms with Gasteiger partial charge in [-0.15, -0.1) is 0 Å². The highest BCUT2D eigenvalue weighted by molar-refractivity contribution is 5.94. The normalized spacial score (nSPS) is 19.5. The number of carboxylic acid groups (broad SMARTS) is 1. The summed E-state index contributed by atoms with van der Waals surface area (Å²) in [5.41, 5.74) is 9.82. The van der Waals surface area contributed by atoms with Gasteiger partial charge in [0.15, 0.2) is 5.78 Å². The van der Waals surface area contributed by atoms with Gasteiger partial charge in [-0.3, -0.25) is 9.59 Å². The maximum Gasteiger partial charge on any atom is 0.321 e. The number of aliphatic carboxylic acids is 1. The van der Waals surface area contributed by atoms with E-state index in [1.54, 1.807) is 6.92 Å². The molecule has 0 saturated carbocycles. The molecule has 0 aliphatic heterocycles. The van der Waals surface area contributed by atoms with Gasteiger partial charge in [0.1, 0.15) is 6.04 Å². The molecule has 5 heteroatoms. The summed E-state index contributed by atoms with van der Waals surface area (Å²) in [5.74, 6) is -1.49. The third kappa shape index (κ3) is 2.30. The van der Waals surface area contributed by atoms with E-state index in [4.69, 9.17) is 16.6 Å². The number of nitrogens with two attached hydrogens (primary N) is 2. The van der Waals surface area contributed by atoms with Crippen molar-refractivity contribution in [2.75, 3.05) is 0 Å². The van der Waals surface area contributed by atoms with E-state index in [0.717, 1.165) is 0 Å². The van der Waals surface area contributed by atoms with Crippen LogP contribution in [-0.2, 0) is 9.59 Å². The average molecular weight is 202 g/mol. The van der Waals surface area contributed by atoms with E-state index in [0.29, 0.717) is 6.42 Å². The number of carboxylic acids is 1. The number of hydrogen-bond donors (Lipinski definition) is 3. The third-order valence-electron chi connectivity index (χ3n) is 2.66. The Morgan fingerprint density at radius 3 is 2.07 bits per heavy atom. The van der Waals surface area contributed by atoms with Crippen molar-refractivity contribution in [2.45, 2.75) is 39.3 Å². The molecule has 0 radical (unpaired) electrons. The topological polar surface area (TPSA) is 106 Å². The van der Waals surface area contributed by atoms with Crippen molar-refractivity contribution in [3.8, 4) is 0 Å². The molecule has 0 aromatic carbocycles. The van der Waals surface area contributed by atoms with Crippen LogP contribution in [0.5, 0.6) is 0 Å². The highest BCUT2D eigenvalue weighted by atomic mass is 16.4. The molecule has 3 atom stereocenters. The van der Waals surface area contributed by atoms with Gasteiger partial charge in [0.2, 0.25) is 0 Å². The minimum atomic E-state index is -1.20. The van der Waals surface area contributed by atoms with Gasteiger partial charge < -0.3 is 16.6 Å². The summed E-state index contributed by atoms with van der Waals surface area (Å²) >= 11 is 0. The average Bonchev–Trinajstić information content (AvgIpc) is 2.13. The number of ketones is 1. The van der Waals surface area contributed by atoms with E-state index < -0.39 is 23.5 Å². The van der Waals surface area contributed by atoms with Crippen LogP contribution in [0, 0.1) is 5.41 Å². The van der Waals surface area contributed by atoms with E-state index >= 15 is 0 Å². The van der Waals surface area contributed by atoms with Gasteiger partial charge in [-0.25, -0.2) is 0 Å². The Hall–Kier alpha value is -0.940. The van der Waals surface area contributed by atoms with Crippen molar-refractivity contribution in [2.24, 2.45) is 16.9 Å². The molecule has 0 heterocycles. The highest BCUT2D eigenvalue weighted by Gasteiger charge is 2.42. The summed E-state index contributed by atoms with van der Waals surface area (Å²) < 4.78 is 0. The summed E-state index contributed by atoms with van der Waals surface area (Å²) in [6, 6.07) is -1.89. The smallest absolute Gasteiger partial charge is 0.321 e. The number of carbonyl (C=O) groups is 2. The van der Waals surface area contributed by atoms with Crippen LogP contribution in [0.3, 0.4) is 0 Å². The van der Waals surface area contributed by atoms with Gasteiger partial charge in [-0.2, -0.15) is 0 Å². The Bertz CT molecular complexity index is 240. The predicted octanol–water partition coefficient (Wildman–Crippen LogP) is -0.269. The van der Waals surface area contributed by atoms with Crippen molar-refractivity contribution in [1.29, 1.82) is 0 Å². The van der Waals surface area contributed by atoms with Gasteiger partial charge in [-0.1, -0.05) is 13.8 Å². The van der Waals surface area contributed by atoms with E-state index in [2.05, 4.69) is 0 Å². The fourth-order valence-electron chi connectivity index (χ4n) is 1.34. The van der Waals surface area contributed by atoms with Gasteiger partial charge in [0, 0.05) is 0 Å². The highest BCUT2D eigenvalue weighted by Crippen LogP contribution is 2.27. The molecule has 0 aromatic rings. The van der Waals surface area contributed by atoms with Crippen LogP contribution in [0.2, 0.25) is 0 Å². The van der Waals surface area contributed by atoms with Crippen LogP contribution < -0.4 is 11.5 Å². The Labute approximate surface area is 83.5 Å². The van der Waals surface area contributed by atoms with Crippen LogP contribution >= 0.6 is 0 Å². The molecule has 0 unspecified atom stereocenters. The largest absolute Gasteiger partial charge is 0.480 e. The predicted molar refractivity (Wildman–Crippen MR) is 52.7 cm³/mol. The van der Waals surface area contributed by atoms with Crippen LogP contribution in [0.4, 0.5) is 0 Å². The molecule has 0 amide bonds. The lowest BCUT2D eigenvalue weighted by molar-refractivity contribution is -0.146. The first-order valence-corrected chi connectivity index (χ1v) is 4.55. The van der Waals surface area contributed by atoms with Crippen molar-refractivity contribution in [1.82, 2.24) is 0 Å². The monoisotopic (exact) mass is 202 g/mol. The zero-order chi connectivity index (χ0) is 11.5. The summed E-state index contributed by atoms with van der Waals surface area (Å²) in [7, 11) is 0. The quantitative estimate of drug-likeness (QED) is 0.569.